The van der Waals surface area contributed by atoms with Crippen LogP contribution in [-0.4, -0.2) is 12.5 Å². The zero-order chi connectivity index (χ0) is 16.6. The molecule has 24 heavy (non-hydrogen) atoms. The molecule has 0 aliphatic carbocycles. The Hall–Kier alpha value is -3.01. The number of hydrogen-bond acceptors (Lipinski definition) is 3. The number of rotatable bonds is 7. The first-order chi connectivity index (χ1) is 11.8. The predicted molar refractivity (Wildman–Crippen MR) is 92.0 cm³/mol. The maximum atomic E-state index is 12.4. The van der Waals surface area contributed by atoms with Gasteiger partial charge in [0, 0.05) is 6.42 Å². The molecule has 4 nitrogen and oxygen atoms in total. The molecule has 0 aliphatic heterocycles. The first kappa shape index (κ1) is 15.9. The van der Waals surface area contributed by atoms with E-state index in [0.29, 0.717) is 30.2 Å². The maximum absolute atomic E-state index is 12.4. The van der Waals surface area contributed by atoms with Crippen molar-refractivity contribution in [2.75, 3.05) is 6.61 Å². The maximum Gasteiger partial charge on any atom is 0.255 e. The molecule has 0 unspecified atom stereocenters. The predicted octanol–water partition coefficient (Wildman–Crippen LogP) is 3.83. The minimum atomic E-state index is -0.179. The molecule has 0 fully saturated rings. The van der Waals surface area contributed by atoms with Gasteiger partial charge < -0.3 is 14.5 Å². The number of hydrogen-bond donors (Lipinski definition) is 1. The average Bonchev–Trinajstić information content (AvgIpc) is 3.15. The summed E-state index contributed by atoms with van der Waals surface area (Å²) in [6.45, 7) is 0.872. The summed E-state index contributed by atoms with van der Waals surface area (Å²) in [6, 6.07) is 21.0. The summed E-state index contributed by atoms with van der Waals surface area (Å²) < 4.78 is 11.0. The summed E-state index contributed by atoms with van der Waals surface area (Å²) in [5, 5.41) is 2.84. The minimum absolute atomic E-state index is 0.179. The van der Waals surface area contributed by atoms with E-state index >= 15 is 0 Å². The molecule has 1 heterocycles. The Labute approximate surface area is 141 Å². The SMILES string of the molecule is O=C(NCc1ccco1)c1ccccc1OCCc1ccccc1. The van der Waals surface area contributed by atoms with Crippen molar-refractivity contribution < 1.29 is 13.9 Å². The lowest BCUT2D eigenvalue weighted by Crippen LogP contribution is -2.23. The van der Waals surface area contributed by atoms with Crippen LogP contribution in [0.3, 0.4) is 0 Å². The Morgan fingerprint density at radius 2 is 1.75 bits per heavy atom. The molecule has 3 aromatic rings. The van der Waals surface area contributed by atoms with Gasteiger partial charge in [0.25, 0.3) is 5.91 Å². The van der Waals surface area contributed by atoms with E-state index in [-0.39, 0.29) is 5.91 Å². The molecule has 1 N–H and O–H groups in total. The van der Waals surface area contributed by atoms with Crippen LogP contribution in [0, 0.1) is 0 Å². The van der Waals surface area contributed by atoms with Gasteiger partial charge in [-0.15, -0.1) is 0 Å². The summed E-state index contributed by atoms with van der Waals surface area (Å²) in [5.74, 6) is 1.12. The number of furan rings is 1. The fourth-order valence-electron chi connectivity index (χ4n) is 2.38. The smallest absolute Gasteiger partial charge is 0.255 e. The quantitative estimate of drug-likeness (QED) is 0.719. The van der Waals surface area contributed by atoms with Crippen LogP contribution in [0.5, 0.6) is 5.75 Å². The zero-order valence-corrected chi connectivity index (χ0v) is 13.3. The topological polar surface area (TPSA) is 51.5 Å². The molecule has 1 amide bonds. The lowest BCUT2D eigenvalue weighted by molar-refractivity contribution is 0.0944. The molecule has 4 heteroatoms. The van der Waals surface area contributed by atoms with E-state index in [4.69, 9.17) is 9.15 Å². The molecule has 3 rings (SSSR count). The fraction of sp³-hybridized carbons (Fsp3) is 0.150. The normalized spacial score (nSPS) is 10.3. The van der Waals surface area contributed by atoms with Crippen LogP contribution in [0.25, 0.3) is 0 Å². The largest absolute Gasteiger partial charge is 0.492 e. The van der Waals surface area contributed by atoms with E-state index < -0.39 is 0 Å². The Morgan fingerprint density at radius 1 is 0.958 bits per heavy atom. The van der Waals surface area contributed by atoms with Crippen molar-refractivity contribution in [3.8, 4) is 5.75 Å². The summed E-state index contributed by atoms with van der Waals surface area (Å²) in [4.78, 5) is 12.4. The molecule has 0 aliphatic rings. The van der Waals surface area contributed by atoms with Gasteiger partial charge in [-0.2, -0.15) is 0 Å². The van der Waals surface area contributed by atoms with Crippen molar-refractivity contribution in [2.24, 2.45) is 0 Å². The molecular formula is C20H19NO3. The zero-order valence-electron chi connectivity index (χ0n) is 13.3. The van der Waals surface area contributed by atoms with Crippen molar-refractivity contribution in [1.29, 1.82) is 0 Å². The van der Waals surface area contributed by atoms with E-state index in [1.165, 1.54) is 5.56 Å². The highest BCUT2D eigenvalue weighted by Gasteiger charge is 2.12. The lowest BCUT2D eigenvalue weighted by Gasteiger charge is -2.11. The van der Waals surface area contributed by atoms with Crippen molar-refractivity contribution in [3.63, 3.8) is 0 Å². The van der Waals surface area contributed by atoms with Gasteiger partial charge in [0.05, 0.1) is 25.0 Å². The Balaban J connectivity index is 1.58. The number of carbonyl (C=O) groups is 1. The number of nitrogens with one attached hydrogen (secondary N) is 1. The molecule has 0 spiro atoms. The van der Waals surface area contributed by atoms with E-state index in [2.05, 4.69) is 17.4 Å². The van der Waals surface area contributed by atoms with Gasteiger partial charge in [-0.1, -0.05) is 42.5 Å². The van der Waals surface area contributed by atoms with Gasteiger partial charge in [-0.3, -0.25) is 4.79 Å². The lowest BCUT2D eigenvalue weighted by atomic mass is 10.1. The Morgan fingerprint density at radius 3 is 2.54 bits per heavy atom. The fourth-order valence-corrected chi connectivity index (χ4v) is 2.38. The van der Waals surface area contributed by atoms with Crippen LogP contribution in [0.1, 0.15) is 21.7 Å². The minimum Gasteiger partial charge on any atom is -0.492 e. The molecule has 1 aromatic heterocycles. The molecule has 0 radical (unpaired) electrons. The van der Waals surface area contributed by atoms with E-state index in [1.54, 1.807) is 18.4 Å². The van der Waals surface area contributed by atoms with Crippen LogP contribution in [0.4, 0.5) is 0 Å². The third kappa shape index (κ3) is 4.26. The van der Waals surface area contributed by atoms with Gasteiger partial charge >= 0.3 is 0 Å². The van der Waals surface area contributed by atoms with Crippen LogP contribution in [0.2, 0.25) is 0 Å². The third-order valence-corrected chi connectivity index (χ3v) is 3.63. The molecule has 0 saturated heterocycles. The number of ether oxygens (including phenoxy) is 1. The van der Waals surface area contributed by atoms with Crippen LogP contribution in [0.15, 0.2) is 77.4 Å². The highest BCUT2D eigenvalue weighted by Crippen LogP contribution is 2.18. The monoisotopic (exact) mass is 321 g/mol. The Kier molecular flexibility index (Phi) is 5.30. The molecule has 2 aromatic carbocycles. The van der Waals surface area contributed by atoms with Crippen LogP contribution in [-0.2, 0) is 13.0 Å². The summed E-state index contributed by atoms with van der Waals surface area (Å²) in [5.41, 5.74) is 1.73. The van der Waals surface area contributed by atoms with E-state index in [0.717, 1.165) is 6.42 Å². The first-order valence-corrected chi connectivity index (χ1v) is 7.89. The second kappa shape index (κ2) is 8.02. The van der Waals surface area contributed by atoms with Crippen molar-refractivity contribution in [3.05, 3.63) is 89.9 Å². The second-order valence-corrected chi connectivity index (χ2v) is 5.34. The standard InChI is InChI=1S/C20H19NO3/c22-20(21-15-17-9-6-13-23-17)18-10-4-5-11-19(18)24-14-12-16-7-2-1-3-8-16/h1-11,13H,12,14-15H2,(H,21,22). The molecule has 122 valence electrons. The molecular weight excluding hydrogens is 302 g/mol. The van der Waals surface area contributed by atoms with Crippen molar-refractivity contribution in [1.82, 2.24) is 5.32 Å². The number of benzene rings is 2. The number of para-hydroxylation sites is 1. The van der Waals surface area contributed by atoms with E-state index in [9.17, 15) is 4.79 Å². The van der Waals surface area contributed by atoms with Gasteiger partial charge in [-0.05, 0) is 29.8 Å². The van der Waals surface area contributed by atoms with Crippen molar-refractivity contribution in [2.45, 2.75) is 13.0 Å². The van der Waals surface area contributed by atoms with Gasteiger partial charge in [-0.25, -0.2) is 0 Å². The summed E-state index contributed by atoms with van der Waals surface area (Å²) in [6.07, 6.45) is 2.38. The van der Waals surface area contributed by atoms with Gasteiger partial charge in [0.1, 0.15) is 11.5 Å². The molecule has 0 bridgehead atoms. The summed E-state index contributed by atoms with van der Waals surface area (Å²) in [7, 11) is 0. The number of amides is 1. The summed E-state index contributed by atoms with van der Waals surface area (Å²) >= 11 is 0. The van der Waals surface area contributed by atoms with Gasteiger partial charge in [0.15, 0.2) is 0 Å². The highest BCUT2D eigenvalue weighted by molar-refractivity contribution is 5.96. The van der Waals surface area contributed by atoms with Crippen LogP contribution >= 0.6 is 0 Å². The molecule has 0 saturated carbocycles. The Bertz CT molecular complexity index is 767. The first-order valence-electron chi connectivity index (χ1n) is 7.89. The second-order valence-electron chi connectivity index (χ2n) is 5.34. The van der Waals surface area contributed by atoms with Gasteiger partial charge in [0.2, 0.25) is 0 Å². The highest BCUT2D eigenvalue weighted by atomic mass is 16.5. The third-order valence-electron chi connectivity index (χ3n) is 3.63. The average molecular weight is 321 g/mol. The number of carbonyl (C=O) groups excluding carboxylic acids is 1. The van der Waals surface area contributed by atoms with Crippen LogP contribution < -0.4 is 10.1 Å². The molecule has 0 atom stereocenters. The van der Waals surface area contributed by atoms with Crippen molar-refractivity contribution >= 4 is 5.91 Å². The van der Waals surface area contributed by atoms with E-state index in [1.807, 2.05) is 42.5 Å².